The summed E-state index contributed by atoms with van der Waals surface area (Å²) in [5.41, 5.74) is 6.35. The SMILES string of the molecule is NC(=O)c1ncc2[nH]ccc2n1.O=c1[nH]ncc2ccccc12. The summed E-state index contributed by atoms with van der Waals surface area (Å²) < 4.78 is 0. The van der Waals surface area contributed by atoms with Crippen LogP contribution >= 0.6 is 0 Å². The fraction of sp³-hybridized carbons (Fsp3) is 0. The molecule has 4 N–H and O–H groups in total. The van der Waals surface area contributed by atoms with Crippen LogP contribution in [0.2, 0.25) is 0 Å². The van der Waals surface area contributed by atoms with E-state index >= 15 is 0 Å². The van der Waals surface area contributed by atoms with Crippen molar-refractivity contribution in [3.63, 3.8) is 0 Å². The summed E-state index contributed by atoms with van der Waals surface area (Å²) >= 11 is 0. The van der Waals surface area contributed by atoms with Gasteiger partial charge in [-0.3, -0.25) is 9.59 Å². The Hall–Kier alpha value is -3.55. The molecule has 4 rings (SSSR count). The Morgan fingerprint density at radius 2 is 1.96 bits per heavy atom. The number of amides is 1. The molecule has 114 valence electrons. The number of carbonyl (C=O) groups excluding carboxylic acids is 1. The molecule has 3 heterocycles. The maximum absolute atomic E-state index is 11.1. The maximum Gasteiger partial charge on any atom is 0.286 e. The van der Waals surface area contributed by atoms with Crippen LogP contribution in [0, 0.1) is 0 Å². The summed E-state index contributed by atoms with van der Waals surface area (Å²) in [5.74, 6) is -0.569. The molecule has 0 aliphatic carbocycles. The van der Waals surface area contributed by atoms with Gasteiger partial charge in [-0.2, -0.15) is 5.10 Å². The summed E-state index contributed by atoms with van der Waals surface area (Å²) in [6.45, 7) is 0. The quantitative estimate of drug-likeness (QED) is 0.482. The van der Waals surface area contributed by atoms with E-state index in [1.165, 1.54) is 6.20 Å². The average Bonchev–Trinajstić information content (AvgIpc) is 3.03. The van der Waals surface area contributed by atoms with Crippen molar-refractivity contribution in [1.82, 2.24) is 25.1 Å². The van der Waals surface area contributed by atoms with Crippen LogP contribution in [0.15, 0.2) is 53.7 Å². The Bertz CT molecular complexity index is 1030. The minimum atomic E-state index is -0.613. The number of hydrogen-bond acceptors (Lipinski definition) is 5. The first kappa shape index (κ1) is 14.4. The first-order valence-corrected chi connectivity index (χ1v) is 6.67. The van der Waals surface area contributed by atoms with Crippen molar-refractivity contribution in [3.05, 3.63) is 65.1 Å². The number of H-pyrrole nitrogens is 2. The van der Waals surface area contributed by atoms with Gasteiger partial charge in [0.25, 0.3) is 11.5 Å². The lowest BCUT2D eigenvalue weighted by Gasteiger charge is -1.92. The topological polar surface area (TPSA) is 130 Å². The van der Waals surface area contributed by atoms with Gasteiger partial charge in [-0.25, -0.2) is 15.1 Å². The van der Waals surface area contributed by atoms with E-state index in [9.17, 15) is 9.59 Å². The van der Waals surface area contributed by atoms with Gasteiger partial charge in [0.1, 0.15) is 0 Å². The minimum absolute atomic E-state index is 0.0436. The first-order chi connectivity index (χ1) is 11.1. The van der Waals surface area contributed by atoms with Crippen molar-refractivity contribution in [2.75, 3.05) is 0 Å². The van der Waals surface area contributed by atoms with E-state index in [1.807, 2.05) is 18.2 Å². The van der Waals surface area contributed by atoms with Crippen molar-refractivity contribution >= 4 is 27.7 Å². The standard InChI is InChI=1S/C8H6N2O.C7H6N4O/c11-8-7-4-2-1-3-6(7)5-9-10-8;8-6(12)7-10-3-5-4(11-7)1-2-9-5/h1-5H,(H,10,11);1-3,9H,(H2,8,12). The maximum atomic E-state index is 11.1. The second-order valence-corrected chi connectivity index (χ2v) is 4.62. The Kier molecular flexibility index (Phi) is 3.79. The molecule has 0 saturated heterocycles. The minimum Gasteiger partial charge on any atom is -0.363 e. The Labute approximate surface area is 129 Å². The molecule has 0 saturated carbocycles. The van der Waals surface area contributed by atoms with Crippen LogP contribution in [0.3, 0.4) is 0 Å². The third kappa shape index (κ3) is 3.05. The summed E-state index contributed by atoms with van der Waals surface area (Å²) in [4.78, 5) is 32.3. The predicted molar refractivity (Wildman–Crippen MR) is 84.8 cm³/mol. The molecule has 0 atom stereocenters. The first-order valence-electron chi connectivity index (χ1n) is 6.67. The number of aromatic amines is 2. The summed E-state index contributed by atoms with van der Waals surface area (Å²) in [6.07, 6.45) is 4.89. The number of aromatic nitrogens is 5. The second-order valence-electron chi connectivity index (χ2n) is 4.62. The van der Waals surface area contributed by atoms with Crippen LogP contribution in [0.4, 0.5) is 0 Å². The van der Waals surface area contributed by atoms with Crippen LogP contribution in [0.1, 0.15) is 10.6 Å². The van der Waals surface area contributed by atoms with Gasteiger partial charge < -0.3 is 10.7 Å². The third-order valence-corrected chi connectivity index (χ3v) is 3.09. The van der Waals surface area contributed by atoms with Gasteiger partial charge in [0, 0.05) is 17.0 Å². The van der Waals surface area contributed by atoms with E-state index in [2.05, 4.69) is 25.1 Å². The van der Waals surface area contributed by atoms with Crippen LogP contribution in [-0.2, 0) is 0 Å². The van der Waals surface area contributed by atoms with Crippen molar-refractivity contribution < 1.29 is 4.79 Å². The van der Waals surface area contributed by atoms with E-state index in [0.717, 1.165) is 10.9 Å². The second kappa shape index (κ2) is 6.06. The zero-order chi connectivity index (χ0) is 16.2. The van der Waals surface area contributed by atoms with E-state index < -0.39 is 5.91 Å². The van der Waals surface area contributed by atoms with Gasteiger partial charge in [-0.15, -0.1) is 0 Å². The average molecular weight is 308 g/mol. The molecular formula is C15H12N6O2. The molecule has 0 unspecified atom stereocenters. The molecule has 1 aromatic carbocycles. The number of benzene rings is 1. The highest BCUT2D eigenvalue weighted by Gasteiger charge is 2.04. The summed E-state index contributed by atoms with van der Waals surface area (Å²) in [5, 5.41) is 7.60. The zero-order valence-electron chi connectivity index (χ0n) is 11.9. The number of carbonyl (C=O) groups is 1. The van der Waals surface area contributed by atoms with Gasteiger partial charge in [-0.1, -0.05) is 18.2 Å². The lowest BCUT2D eigenvalue weighted by Crippen LogP contribution is -2.14. The van der Waals surface area contributed by atoms with Crippen LogP contribution in [-0.4, -0.2) is 31.1 Å². The molecule has 3 aromatic heterocycles. The number of nitrogens with zero attached hydrogens (tertiary/aromatic N) is 3. The zero-order valence-corrected chi connectivity index (χ0v) is 11.9. The largest absolute Gasteiger partial charge is 0.363 e. The molecule has 8 heteroatoms. The van der Waals surface area contributed by atoms with Crippen molar-refractivity contribution in [3.8, 4) is 0 Å². The Morgan fingerprint density at radius 1 is 1.13 bits per heavy atom. The highest BCUT2D eigenvalue weighted by molar-refractivity contribution is 5.90. The molecule has 0 aliphatic rings. The molecule has 4 aromatic rings. The molecule has 0 fully saturated rings. The van der Waals surface area contributed by atoms with Gasteiger partial charge in [0.2, 0.25) is 5.82 Å². The number of primary amides is 1. The summed E-state index contributed by atoms with van der Waals surface area (Å²) in [7, 11) is 0. The molecule has 0 spiro atoms. The molecule has 0 bridgehead atoms. The normalized spacial score (nSPS) is 10.3. The number of fused-ring (bicyclic) bond motifs is 2. The molecule has 23 heavy (non-hydrogen) atoms. The van der Waals surface area contributed by atoms with Crippen molar-refractivity contribution in [1.29, 1.82) is 0 Å². The van der Waals surface area contributed by atoms with E-state index in [0.29, 0.717) is 10.9 Å². The fourth-order valence-electron chi connectivity index (χ4n) is 2.00. The van der Waals surface area contributed by atoms with Gasteiger partial charge >= 0.3 is 0 Å². The van der Waals surface area contributed by atoms with Crippen LogP contribution < -0.4 is 11.3 Å². The fourth-order valence-corrected chi connectivity index (χ4v) is 2.00. The molecule has 8 nitrogen and oxygen atoms in total. The molecular weight excluding hydrogens is 296 g/mol. The van der Waals surface area contributed by atoms with Gasteiger partial charge in [0.15, 0.2) is 0 Å². The highest BCUT2D eigenvalue weighted by Crippen LogP contribution is 2.06. The third-order valence-electron chi connectivity index (χ3n) is 3.09. The van der Waals surface area contributed by atoms with Crippen molar-refractivity contribution in [2.24, 2.45) is 5.73 Å². The lowest BCUT2D eigenvalue weighted by atomic mass is 10.2. The Balaban J connectivity index is 0.000000136. The van der Waals surface area contributed by atoms with Gasteiger partial charge in [0.05, 0.1) is 23.4 Å². The van der Waals surface area contributed by atoms with Crippen LogP contribution in [0.25, 0.3) is 21.8 Å². The van der Waals surface area contributed by atoms with E-state index in [1.54, 1.807) is 24.5 Å². The predicted octanol–water partition coefficient (Wildman–Crippen LogP) is 0.980. The molecule has 1 amide bonds. The summed E-state index contributed by atoms with van der Waals surface area (Å²) in [6, 6.07) is 9.10. The number of nitrogens with one attached hydrogen (secondary N) is 2. The molecule has 0 radical (unpaired) electrons. The number of rotatable bonds is 1. The Morgan fingerprint density at radius 3 is 2.74 bits per heavy atom. The highest BCUT2D eigenvalue weighted by atomic mass is 16.1. The monoisotopic (exact) mass is 308 g/mol. The number of nitrogens with two attached hydrogens (primary N) is 1. The van der Waals surface area contributed by atoms with Crippen molar-refractivity contribution in [2.45, 2.75) is 0 Å². The smallest absolute Gasteiger partial charge is 0.286 e. The van der Waals surface area contributed by atoms with Gasteiger partial charge in [-0.05, 0) is 12.1 Å². The lowest BCUT2D eigenvalue weighted by molar-refractivity contribution is 0.0991. The molecule has 0 aliphatic heterocycles. The number of hydrogen-bond donors (Lipinski definition) is 3. The van der Waals surface area contributed by atoms with Crippen LogP contribution in [0.5, 0.6) is 0 Å². The van der Waals surface area contributed by atoms with E-state index in [-0.39, 0.29) is 11.4 Å². The van der Waals surface area contributed by atoms with E-state index in [4.69, 9.17) is 5.73 Å².